The maximum absolute atomic E-state index is 12.2. The Balaban J connectivity index is 1.88. The van der Waals surface area contributed by atoms with E-state index in [1.54, 1.807) is 18.6 Å². The molecule has 0 fully saturated rings. The van der Waals surface area contributed by atoms with E-state index in [1.165, 1.54) is 17.6 Å². The van der Waals surface area contributed by atoms with Gasteiger partial charge in [-0.15, -0.1) is 5.10 Å². The zero-order chi connectivity index (χ0) is 14.7. The Morgan fingerprint density at radius 2 is 2.00 bits per heavy atom. The van der Waals surface area contributed by atoms with Gasteiger partial charge in [0.05, 0.1) is 12.8 Å². The van der Waals surface area contributed by atoms with Gasteiger partial charge >= 0.3 is 0 Å². The number of ether oxygens (including phenoxy) is 1. The number of hydrogen-bond donors (Lipinski definition) is 0. The number of methoxy groups -OCH3 is 1. The van der Waals surface area contributed by atoms with Crippen molar-refractivity contribution >= 4 is 34.2 Å². The summed E-state index contributed by atoms with van der Waals surface area (Å²) in [5.41, 5.74) is 1.34. The Hall–Kier alpha value is -2.53. The van der Waals surface area contributed by atoms with Gasteiger partial charge in [-0.2, -0.15) is 0 Å². The highest BCUT2D eigenvalue weighted by Gasteiger charge is 2.04. The van der Waals surface area contributed by atoms with Gasteiger partial charge in [0, 0.05) is 10.9 Å². The summed E-state index contributed by atoms with van der Waals surface area (Å²) >= 11 is 1.26. The minimum Gasteiger partial charge on any atom is -0.497 e. The van der Waals surface area contributed by atoms with Crippen LogP contribution >= 0.6 is 11.5 Å². The van der Waals surface area contributed by atoms with E-state index in [1.807, 2.05) is 36.4 Å². The van der Waals surface area contributed by atoms with E-state index in [0.717, 1.165) is 16.5 Å². The van der Waals surface area contributed by atoms with Gasteiger partial charge in [-0.1, -0.05) is 22.7 Å². The molecule has 0 unspecified atom stereocenters. The molecule has 0 radical (unpaired) electrons. The number of nitrogens with zero attached hydrogens (tertiary/aromatic N) is 2. The molecule has 21 heavy (non-hydrogen) atoms. The summed E-state index contributed by atoms with van der Waals surface area (Å²) in [7, 11) is 1.64. The Morgan fingerprint density at radius 1 is 1.19 bits per heavy atom. The van der Waals surface area contributed by atoms with Crippen molar-refractivity contribution in [1.29, 1.82) is 0 Å². The molecule has 0 N–H and O–H groups in total. The lowest BCUT2D eigenvalue weighted by Crippen LogP contribution is -1.94. The smallest absolute Gasteiger partial charge is 0.185 e. The molecule has 2 aromatic carbocycles. The lowest BCUT2D eigenvalue weighted by atomic mass is 10.0. The van der Waals surface area contributed by atoms with Crippen LogP contribution in [0.3, 0.4) is 0 Å². The van der Waals surface area contributed by atoms with Crippen LogP contribution in [0.2, 0.25) is 0 Å². The van der Waals surface area contributed by atoms with E-state index in [-0.39, 0.29) is 5.78 Å². The van der Waals surface area contributed by atoms with Gasteiger partial charge in [0.1, 0.15) is 5.75 Å². The molecule has 0 bridgehead atoms. The topological polar surface area (TPSA) is 52.1 Å². The first-order valence-corrected chi connectivity index (χ1v) is 7.17. The first kappa shape index (κ1) is 13.5. The number of benzene rings is 2. The van der Waals surface area contributed by atoms with Crippen molar-refractivity contribution in [2.75, 3.05) is 7.11 Å². The largest absolute Gasteiger partial charge is 0.497 e. The Kier molecular flexibility index (Phi) is 3.75. The fourth-order valence-electron chi connectivity index (χ4n) is 2.01. The fraction of sp³-hybridized carbons (Fsp3) is 0.0625. The van der Waals surface area contributed by atoms with E-state index < -0.39 is 0 Å². The third kappa shape index (κ3) is 2.98. The highest BCUT2D eigenvalue weighted by molar-refractivity contribution is 7.03. The first-order chi connectivity index (χ1) is 10.3. The molecule has 4 nitrogen and oxygen atoms in total. The molecule has 1 aromatic heterocycles. The molecule has 0 aliphatic carbocycles. The average molecular weight is 296 g/mol. The van der Waals surface area contributed by atoms with E-state index >= 15 is 0 Å². The standard InChI is InChI=1S/C16H12N2O2S/c1-20-15-6-4-11-8-13(3-2-12(11)9-15)16(19)7-5-14-10-21-18-17-14/h2-10H,1H3/b7-5+. The number of hydrogen-bond acceptors (Lipinski definition) is 5. The van der Waals surface area contributed by atoms with Crippen molar-refractivity contribution < 1.29 is 9.53 Å². The second-order valence-electron chi connectivity index (χ2n) is 4.46. The predicted octanol–water partition coefficient (Wildman–Crippen LogP) is 3.60. The summed E-state index contributed by atoms with van der Waals surface area (Å²) in [5, 5.41) is 7.70. The summed E-state index contributed by atoms with van der Waals surface area (Å²) in [4.78, 5) is 12.2. The molecule has 0 aliphatic heterocycles. The van der Waals surface area contributed by atoms with Gasteiger partial charge in [-0.3, -0.25) is 4.79 Å². The molecule has 0 amide bonds. The van der Waals surface area contributed by atoms with E-state index in [2.05, 4.69) is 9.59 Å². The molecular formula is C16H12N2O2S. The van der Waals surface area contributed by atoms with Crippen molar-refractivity contribution in [3.05, 3.63) is 59.1 Å². The van der Waals surface area contributed by atoms with E-state index in [0.29, 0.717) is 11.3 Å². The number of ketones is 1. The molecular weight excluding hydrogens is 284 g/mol. The predicted molar refractivity (Wildman–Crippen MR) is 83.8 cm³/mol. The van der Waals surface area contributed by atoms with Crippen molar-refractivity contribution in [2.24, 2.45) is 0 Å². The molecule has 5 heteroatoms. The van der Waals surface area contributed by atoms with Crippen molar-refractivity contribution in [2.45, 2.75) is 0 Å². The minimum absolute atomic E-state index is 0.0549. The second kappa shape index (κ2) is 5.85. The zero-order valence-electron chi connectivity index (χ0n) is 11.3. The number of aromatic nitrogens is 2. The SMILES string of the molecule is COc1ccc2cc(C(=O)/C=C/c3csnn3)ccc2c1. The van der Waals surface area contributed by atoms with Crippen LogP contribution in [0.1, 0.15) is 16.1 Å². The van der Waals surface area contributed by atoms with Gasteiger partial charge in [0.25, 0.3) is 0 Å². The highest BCUT2D eigenvalue weighted by atomic mass is 32.1. The third-order valence-corrected chi connectivity index (χ3v) is 3.64. The summed E-state index contributed by atoms with van der Waals surface area (Å²) in [6.45, 7) is 0. The maximum Gasteiger partial charge on any atom is 0.185 e. The quantitative estimate of drug-likeness (QED) is 0.545. The summed E-state index contributed by atoms with van der Waals surface area (Å²) in [6, 6.07) is 11.4. The van der Waals surface area contributed by atoms with Crippen molar-refractivity contribution in [3.8, 4) is 5.75 Å². The van der Waals surface area contributed by atoms with Crippen LogP contribution in [0.5, 0.6) is 5.75 Å². The molecule has 1 heterocycles. The molecule has 3 aromatic rings. The van der Waals surface area contributed by atoms with Gasteiger partial charge in [0.15, 0.2) is 5.78 Å². The minimum atomic E-state index is -0.0549. The molecule has 0 saturated carbocycles. The van der Waals surface area contributed by atoms with Crippen molar-refractivity contribution in [1.82, 2.24) is 9.59 Å². The fourth-order valence-corrected chi connectivity index (χ4v) is 2.43. The van der Waals surface area contributed by atoms with Crippen molar-refractivity contribution in [3.63, 3.8) is 0 Å². The molecule has 0 atom stereocenters. The average Bonchev–Trinajstić information content (AvgIpc) is 3.05. The molecule has 0 aliphatic rings. The number of rotatable bonds is 4. The maximum atomic E-state index is 12.2. The molecule has 3 rings (SSSR count). The summed E-state index contributed by atoms with van der Waals surface area (Å²) in [5.74, 6) is 0.748. The Bertz CT molecular complexity index is 810. The van der Waals surface area contributed by atoms with E-state index in [4.69, 9.17) is 4.74 Å². The Labute approximate surface area is 125 Å². The lowest BCUT2D eigenvalue weighted by Gasteiger charge is -2.04. The van der Waals surface area contributed by atoms with Gasteiger partial charge in [-0.25, -0.2) is 0 Å². The molecule has 0 saturated heterocycles. The molecule has 104 valence electrons. The normalized spacial score (nSPS) is 11.1. The van der Waals surface area contributed by atoms with Crippen LogP contribution in [0.15, 0.2) is 47.9 Å². The van der Waals surface area contributed by atoms with Crippen LogP contribution < -0.4 is 4.74 Å². The third-order valence-electron chi connectivity index (χ3n) is 3.11. The van der Waals surface area contributed by atoms with Crippen LogP contribution in [-0.4, -0.2) is 22.5 Å². The van der Waals surface area contributed by atoms with Crippen LogP contribution in [0.25, 0.3) is 16.8 Å². The highest BCUT2D eigenvalue weighted by Crippen LogP contribution is 2.22. The monoisotopic (exact) mass is 296 g/mol. The van der Waals surface area contributed by atoms with Crippen LogP contribution in [-0.2, 0) is 0 Å². The summed E-state index contributed by atoms with van der Waals surface area (Å²) < 4.78 is 8.94. The lowest BCUT2D eigenvalue weighted by molar-refractivity contribution is 0.104. The first-order valence-electron chi connectivity index (χ1n) is 6.33. The molecule has 0 spiro atoms. The zero-order valence-corrected chi connectivity index (χ0v) is 12.1. The second-order valence-corrected chi connectivity index (χ2v) is 5.07. The van der Waals surface area contributed by atoms with Crippen LogP contribution in [0, 0.1) is 0 Å². The van der Waals surface area contributed by atoms with Gasteiger partial charge < -0.3 is 4.74 Å². The van der Waals surface area contributed by atoms with E-state index in [9.17, 15) is 4.79 Å². The summed E-state index contributed by atoms with van der Waals surface area (Å²) in [6.07, 6.45) is 3.19. The Morgan fingerprint density at radius 3 is 2.76 bits per heavy atom. The van der Waals surface area contributed by atoms with Gasteiger partial charge in [0.2, 0.25) is 0 Å². The number of allylic oxidation sites excluding steroid dienone is 1. The van der Waals surface area contributed by atoms with Crippen LogP contribution in [0.4, 0.5) is 0 Å². The number of fused-ring (bicyclic) bond motifs is 1. The number of carbonyl (C=O) groups excluding carboxylic acids is 1. The van der Waals surface area contributed by atoms with Gasteiger partial charge in [-0.05, 0) is 52.7 Å². The number of carbonyl (C=O) groups is 1.